The summed E-state index contributed by atoms with van der Waals surface area (Å²) in [5.74, 6) is 0. The van der Waals surface area contributed by atoms with Crippen LogP contribution in [-0.4, -0.2) is 18.6 Å². The summed E-state index contributed by atoms with van der Waals surface area (Å²) < 4.78 is 0. The van der Waals surface area contributed by atoms with Crippen molar-refractivity contribution in [3.05, 3.63) is 59.7 Å². The van der Waals surface area contributed by atoms with Crippen LogP contribution < -0.4 is 16.0 Å². The van der Waals surface area contributed by atoms with E-state index >= 15 is 0 Å². The summed E-state index contributed by atoms with van der Waals surface area (Å²) in [4.78, 5) is 14.2. The molecule has 21 heavy (non-hydrogen) atoms. The van der Waals surface area contributed by atoms with Crippen LogP contribution in [0.4, 0.5) is 16.2 Å². The summed E-state index contributed by atoms with van der Waals surface area (Å²) in [6.07, 6.45) is 0.810. The number of nitrogens with one attached hydrogen (secondary N) is 1. The molecule has 3 rings (SSSR count). The first-order valence-corrected chi connectivity index (χ1v) is 7.12. The molecule has 1 atom stereocenters. The number of fused-ring (bicyclic) bond motifs is 1. The van der Waals surface area contributed by atoms with Crippen LogP contribution in [-0.2, 0) is 6.42 Å². The minimum Gasteiger partial charge on any atom is -0.326 e. The van der Waals surface area contributed by atoms with E-state index in [4.69, 9.17) is 5.73 Å². The minimum atomic E-state index is -0.138. The molecule has 0 saturated heterocycles. The fraction of sp³-hybridized carbons (Fsp3) is 0.235. The maximum absolute atomic E-state index is 12.5. The molecule has 1 heterocycles. The van der Waals surface area contributed by atoms with Gasteiger partial charge in [-0.25, -0.2) is 4.79 Å². The standard InChI is InChI=1S/C17H19N3O/c1-12-6-8-15(9-7-12)19-17(21)20-11-14(18)10-13-4-2-3-5-16(13)20/h2-9,14H,10-11,18H2,1H3,(H,19,21). The summed E-state index contributed by atoms with van der Waals surface area (Å²) in [5, 5.41) is 2.93. The molecule has 0 aliphatic carbocycles. The van der Waals surface area contributed by atoms with Gasteiger partial charge in [0.25, 0.3) is 0 Å². The highest BCUT2D eigenvalue weighted by Crippen LogP contribution is 2.27. The van der Waals surface area contributed by atoms with Crippen LogP contribution in [0.2, 0.25) is 0 Å². The predicted octanol–water partition coefficient (Wildman–Crippen LogP) is 2.92. The average Bonchev–Trinajstić information content (AvgIpc) is 2.48. The second kappa shape index (κ2) is 5.58. The fourth-order valence-electron chi connectivity index (χ4n) is 2.65. The Labute approximate surface area is 124 Å². The SMILES string of the molecule is Cc1ccc(NC(=O)N2CC(N)Cc3ccccc32)cc1. The summed E-state index contributed by atoms with van der Waals surface area (Å²) in [6, 6.07) is 15.5. The number of carbonyl (C=O) groups excluding carboxylic acids is 1. The van der Waals surface area contributed by atoms with Crippen molar-refractivity contribution in [2.45, 2.75) is 19.4 Å². The summed E-state index contributed by atoms with van der Waals surface area (Å²) in [6.45, 7) is 2.56. The third-order valence-corrected chi connectivity index (χ3v) is 3.73. The Morgan fingerprint density at radius 2 is 1.90 bits per heavy atom. The second-order valence-electron chi connectivity index (χ2n) is 5.50. The van der Waals surface area contributed by atoms with Crippen LogP contribution in [0.25, 0.3) is 0 Å². The Morgan fingerprint density at radius 3 is 2.67 bits per heavy atom. The number of anilines is 2. The minimum absolute atomic E-state index is 0.0244. The van der Waals surface area contributed by atoms with Crippen molar-refractivity contribution in [1.29, 1.82) is 0 Å². The van der Waals surface area contributed by atoms with Gasteiger partial charge in [0.15, 0.2) is 0 Å². The predicted molar refractivity (Wildman–Crippen MR) is 85.7 cm³/mol. The first kappa shape index (κ1) is 13.6. The van der Waals surface area contributed by atoms with E-state index in [0.29, 0.717) is 6.54 Å². The molecular formula is C17H19N3O. The van der Waals surface area contributed by atoms with E-state index in [1.165, 1.54) is 5.56 Å². The Kier molecular flexibility index (Phi) is 3.62. The summed E-state index contributed by atoms with van der Waals surface area (Å²) in [7, 11) is 0. The van der Waals surface area contributed by atoms with Crippen LogP contribution in [0.15, 0.2) is 48.5 Å². The first-order chi connectivity index (χ1) is 10.1. The Morgan fingerprint density at radius 1 is 1.19 bits per heavy atom. The van der Waals surface area contributed by atoms with Crippen molar-refractivity contribution < 1.29 is 4.79 Å². The number of amides is 2. The van der Waals surface area contributed by atoms with E-state index in [1.54, 1.807) is 4.90 Å². The average molecular weight is 281 g/mol. The quantitative estimate of drug-likeness (QED) is 0.844. The highest BCUT2D eigenvalue weighted by molar-refractivity contribution is 6.02. The Balaban J connectivity index is 1.83. The van der Waals surface area contributed by atoms with E-state index in [2.05, 4.69) is 5.32 Å². The molecule has 1 aliphatic heterocycles. The van der Waals surface area contributed by atoms with Gasteiger partial charge >= 0.3 is 6.03 Å². The van der Waals surface area contributed by atoms with Gasteiger partial charge in [-0.1, -0.05) is 35.9 Å². The second-order valence-corrected chi connectivity index (χ2v) is 5.50. The van der Waals surface area contributed by atoms with E-state index < -0.39 is 0 Å². The number of nitrogens with two attached hydrogens (primary N) is 1. The molecule has 2 aromatic rings. The molecule has 4 heteroatoms. The molecule has 0 fully saturated rings. The van der Waals surface area contributed by atoms with Gasteiger partial charge in [0.1, 0.15) is 0 Å². The van der Waals surface area contributed by atoms with Crippen molar-refractivity contribution in [1.82, 2.24) is 0 Å². The lowest BCUT2D eigenvalue weighted by molar-refractivity contribution is 0.256. The Hall–Kier alpha value is -2.33. The van der Waals surface area contributed by atoms with E-state index in [-0.39, 0.29) is 12.1 Å². The molecule has 1 unspecified atom stereocenters. The van der Waals surface area contributed by atoms with E-state index in [1.807, 2.05) is 55.5 Å². The number of urea groups is 1. The van der Waals surface area contributed by atoms with Gasteiger partial charge in [-0.05, 0) is 37.1 Å². The zero-order valence-electron chi connectivity index (χ0n) is 12.0. The van der Waals surface area contributed by atoms with E-state index in [9.17, 15) is 4.79 Å². The monoisotopic (exact) mass is 281 g/mol. The van der Waals surface area contributed by atoms with Gasteiger partial charge in [-0.2, -0.15) is 0 Å². The lowest BCUT2D eigenvalue weighted by atomic mass is 9.99. The number of rotatable bonds is 1. The number of benzene rings is 2. The summed E-state index contributed by atoms with van der Waals surface area (Å²) >= 11 is 0. The number of nitrogens with zero attached hydrogens (tertiary/aromatic N) is 1. The fourth-order valence-corrected chi connectivity index (χ4v) is 2.65. The van der Waals surface area contributed by atoms with Crippen LogP contribution in [0.1, 0.15) is 11.1 Å². The maximum atomic E-state index is 12.5. The number of hydrogen-bond acceptors (Lipinski definition) is 2. The number of hydrogen-bond donors (Lipinski definition) is 2. The van der Waals surface area contributed by atoms with Crippen LogP contribution in [0, 0.1) is 6.92 Å². The van der Waals surface area contributed by atoms with Gasteiger partial charge in [-0.3, -0.25) is 4.90 Å². The third kappa shape index (κ3) is 2.90. The van der Waals surface area contributed by atoms with Gasteiger partial charge in [0.05, 0.1) is 0 Å². The number of aryl methyl sites for hydroxylation is 1. The number of carbonyl (C=O) groups is 1. The zero-order valence-corrected chi connectivity index (χ0v) is 12.0. The molecule has 4 nitrogen and oxygen atoms in total. The zero-order chi connectivity index (χ0) is 14.8. The molecule has 0 radical (unpaired) electrons. The summed E-state index contributed by atoms with van der Waals surface area (Å²) in [5.41, 5.74) is 10.1. The lowest BCUT2D eigenvalue weighted by Gasteiger charge is -2.33. The first-order valence-electron chi connectivity index (χ1n) is 7.12. The van der Waals surface area contributed by atoms with Crippen molar-refractivity contribution >= 4 is 17.4 Å². The molecule has 0 saturated carbocycles. The molecule has 2 amide bonds. The molecule has 0 aromatic heterocycles. The highest BCUT2D eigenvalue weighted by Gasteiger charge is 2.26. The molecule has 108 valence electrons. The van der Waals surface area contributed by atoms with Crippen molar-refractivity contribution in [2.24, 2.45) is 5.73 Å². The normalized spacial score (nSPS) is 17.2. The lowest BCUT2D eigenvalue weighted by Crippen LogP contribution is -2.47. The van der Waals surface area contributed by atoms with Crippen LogP contribution >= 0.6 is 0 Å². The highest BCUT2D eigenvalue weighted by atomic mass is 16.2. The van der Waals surface area contributed by atoms with Crippen molar-refractivity contribution in [2.75, 3.05) is 16.8 Å². The van der Waals surface area contributed by atoms with Crippen molar-refractivity contribution in [3.8, 4) is 0 Å². The van der Waals surface area contributed by atoms with Gasteiger partial charge in [0.2, 0.25) is 0 Å². The van der Waals surface area contributed by atoms with Gasteiger partial charge in [0, 0.05) is 24.0 Å². The van der Waals surface area contributed by atoms with Crippen molar-refractivity contribution in [3.63, 3.8) is 0 Å². The molecule has 0 bridgehead atoms. The Bertz CT molecular complexity index is 651. The molecule has 2 aromatic carbocycles. The third-order valence-electron chi connectivity index (χ3n) is 3.73. The van der Waals surface area contributed by atoms with E-state index in [0.717, 1.165) is 23.4 Å². The molecular weight excluding hydrogens is 262 g/mol. The maximum Gasteiger partial charge on any atom is 0.326 e. The van der Waals surface area contributed by atoms with Crippen LogP contribution in [0.3, 0.4) is 0 Å². The molecule has 0 spiro atoms. The molecule has 3 N–H and O–H groups in total. The smallest absolute Gasteiger partial charge is 0.326 e. The molecule has 1 aliphatic rings. The number of para-hydroxylation sites is 1. The van der Waals surface area contributed by atoms with Crippen LogP contribution in [0.5, 0.6) is 0 Å². The largest absolute Gasteiger partial charge is 0.326 e. The van der Waals surface area contributed by atoms with Gasteiger partial charge in [-0.15, -0.1) is 0 Å². The topological polar surface area (TPSA) is 58.4 Å². The van der Waals surface area contributed by atoms with Gasteiger partial charge < -0.3 is 11.1 Å².